The molecule has 1 amide bonds. The van der Waals surface area contributed by atoms with Crippen molar-refractivity contribution in [2.75, 3.05) is 6.61 Å². The molecule has 29 heavy (non-hydrogen) atoms. The van der Waals surface area contributed by atoms with Crippen LogP contribution < -0.4 is 15.7 Å². The quantitative estimate of drug-likeness (QED) is 0.651. The summed E-state index contributed by atoms with van der Waals surface area (Å²) in [7, 11) is 0. The van der Waals surface area contributed by atoms with Gasteiger partial charge in [-0.05, 0) is 48.9 Å². The molecule has 4 rings (SSSR count). The number of nitrogens with one attached hydrogen (secondary N) is 1. The van der Waals surface area contributed by atoms with Gasteiger partial charge in [0.15, 0.2) is 6.61 Å². The van der Waals surface area contributed by atoms with E-state index < -0.39 is 11.2 Å². The first-order valence-corrected chi connectivity index (χ1v) is 9.47. The van der Waals surface area contributed by atoms with Crippen molar-refractivity contribution >= 4 is 16.9 Å². The highest BCUT2D eigenvalue weighted by Crippen LogP contribution is 2.39. The molecule has 1 atom stereocenters. The number of fused-ring (bicyclic) bond motifs is 1. The summed E-state index contributed by atoms with van der Waals surface area (Å²) in [6.45, 7) is 1.51. The van der Waals surface area contributed by atoms with Crippen LogP contribution in [0.4, 0.5) is 0 Å². The molecular formula is C23H20N2O4. The molecular weight excluding hydrogens is 368 g/mol. The van der Waals surface area contributed by atoms with E-state index >= 15 is 0 Å². The molecule has 3 aromatic rings. The molecule has 0 radical (unpaired) electrons. The maximum Gasteiger partial charge on any atom is 0.336 e. The van der Waals surface area contributed by atoms with Crippen molar-refractivity contribution < 1.29 is 13.9 Å². The summed E-state index contributed by atoms with van der Waals surface area (Å²) in [5, 5.41) is 12.9. The van der Waals surface area contributed by atoms with Crippen LogP contribution in [0.3, 0.4) is 0 Å². The van der Waals surface area contributed by atoms with E-state index in [0.717, 1.165) is 29.4 Å². The number of ether oxygens (including phenoxy) is 1. The smallest absolute Gasteiger partial charge is 0.336 e. The standard InChI is InChI=1S/C23H20N2O4/c1-23(14-24,16-7-8-16)25-21(26)13-28-17-9-10-18-19(15-5-3-2-4-6-15)12-22(27)29-20(18)11-17/h2-6,9-12,16H,7-8,13H2,1H3,(H,25,26)/t23-/m1/s1. The van der Waals surface area contributed by atoms with E-state index in [4.69, 9.17) is 9.15 Å². The second-order valence-corrected chi connectivity index (χ2v) is 7.43. The van der Waals surface area contributed by atoms with Gasteiger partial charge in [-0.25, -0.2) is 4.79 Å². The van der Waals surface area contributed by atoms with Gasteiger partial charge in [-0.15, -0.1) is 0 Å². The maximum absolute atomic E-state index is 12.2. The number of carbonyl (C=O) groups is 1. The van der Waals surface area contributed by atoms with E-state index in [9.17, 15) is 14.9 Å². The van der Waals surface area contributed by atoms with Crippen LogP contribution in [-0.2, 0) is 4.79 Å². The summed E-state index contributed by atoms with van der Waals surface area (Å²) in [6.07, 6.45) is 1.89. The molecule has 0 aliphatic heterocycles. The van der Waals surface area contributed by atoms with Crippen molar-refractivity contribution in [3.63, 3.8) is 0 Å². The number of nitriles is 1. The Morgan fingerprint density at radius 1 is 1.24 bits per heavy atom. The molecule has 2 aromatic carbocycles. The fraction of sp³-hybridized carbons (Fsp3) is 0.261. The number of benzene rings is 2. The molecule has 1 N–H and O–H groups in total. The zero-order chi connectivity index (χ0) is 20.4. The van der Waals surface area contributed by atoms with Crippen LogP contribution in [0.2, 0.25) is 0 Å². The summed E-state index contributed by atoms with van der Waals surface area (Å²) >= 11 is 0. The molecule has 6 nitrogen and oxygen atoms in total. The Bertz CT molecular complexity index is 1160. The molecule has 1 heterocycles. The summed E-state index contributed by atoms with van der Waals surface area (Å²) in [6, 6.07) is 18.4. The Morgan fingerprint density at radius 2 is 2.00 bits per heavy atom. The normalized spacial score (nSPS) is 15.3. The molecule has 0 bridgehead atoms. The predicted molar refractivity (Wildman–Crippen MR) is 108 cm³/mol. The summed E-state index contributed by atoms with van der Waals surface area (Å²) in [4.78, 5) is 24.2. The van der Waals surface area contributed by atoms with Crippen molar-refractivity contribution in [2.24, 2.45) is 5.92 Å². The Morgan fingerprint density at radius 3 is 2.69 bits per heavy atom. The monoisotopic (exact) mass is 388 g/mol. The van der Waals surface area contributed by atoms with Crippen LogP contribution in [0.25, 0.3) is 22.1 Å². The van der Waals surface area contributed by atoms with E-state index in [1.165, 1.54) is 6.07 Å². The van der Waals surface area contributed by atoms with Gasteiger partial charge < -0.3 is 14.5 Å². The number of hydrogen-bond acceptors (Lipinski definition) is 5. The summed E-state index contributed by atoms with van der Waals surface area (Å²) in [5.74, 6) is 0.245. The van der Waals surface area contributed by atoms with E-state index in [2.05, 4.69) is 11.4 Å². The van der Waals surface area contributed by atoms with Crippen molar-refractivity contribution in [1.29, 1.82) is 5.26 Å². The van der Waals surface area contributed by atoms with Gasteiger partial charge in [0.05, 0.1) is 6.07 Å². The first-order chi connectivity index (χ1) is 14.0. The second kappa shape index (κ2) is 7.44. The molecule has 146 valence electrons. The number of amides is 1. The van der Waals surface area contributed by atoms with Gasteiger partial charge in [-0.1, -0.05) is 30.3 Å². The first kappa shape index (κ1) is 18.8. The second-order valence-electron chi connectivity index (χ2n) is 7.43. The van der Waals surface area contributed by atoms with Crippen LogP contribution >= 0.6 is 0 Å². The van der Waals surface area contributed by atoms with Crippen molar-refractivity contribution in [1.82, 2.24) is 5.32 Å². The number of nitrogens with zero attached hydrogens (tertiary/aromatic N) is 1. The highest BCUT2D eigenvalue weighted by molar-refractivity contribution is 5.93. The van der Waals surface area contributed by atoms with Gasteiger partial charge >= 0.3 is 5.63 Å². The number of rotatable bonds is 6. The van der Waals surface area contributed by atoms with Crippen LogP contribution in [0.15, 0.2) is 63.8 Å². The topological polar surface area (TPSA) is 92.3 Å². The highest BCUT2D eigenvalue weighted by atomic mass is 16.5. The van der Waals surface area contributed by atoms with Gasteiger partial charge in [0, 0.05) is 17.5 Å². The zero-order valence-electron chi connectivity index (χ0n) is 16.0. The van der Waals surface area contributed by atoms with Crippen LogP contribution in [0.1, 0.15) is 19.8 Å². The SMILES string of the molecule is C[C@](C#N)(NC(=O)COc1ccc2c(-c3ccccc3)cc(=O)oc2c1)C1CC1. The first-order valence-electron chi connectivity index (χ1n) is 9.47. The van der Waals surface area contributed by atoms with Gasteiger partial charge in [-0.2, -0.15) is 5.26 Å². The average molecular weight is 388 g/mol. The molecule has 1 saturated carbocycles. The third kappa shape index (κ3) is 3.99. The lowest BCUT2D eigenvalue weighted by atomic mass is 9.98. The maximum atomic E-state index is 12.2. The Balaban J connectivity index is 1.53. The van der Waals surface area contributed by atoms with Gasteiger partial charge in [-0.3, -0.25) is 4.79 Å². The van der Waals surface area contributed by atoms with Crippen LogP contribution in [0, 0.1) is 17.2 Å². The third-order valence-electron chi connectivity index (χ3n) is 5.20. The van der Waals surface area contributed by atoms with Crippen LogP contribution in [0.5, 0.6) is 5.75 Å². The lowest BCUT2D eigenvalue weighted by Crippen LogP contribution is -2.48. The third-order valence-corrected chi connectivity index (χ3v) is 5.20. The Kier molecular flexibility index (Phi) is 4.81. The fourth-order valence-electron chi connectivity index (χ4n) is 3.45. The van der Waals surface area contributed by atoms with Crippen molar-refractivity contribution in [3.8, 4) is 22.9 Å². The number of hydrogen-bond donors (Lipinski definition) is 1. The minimum absolute atomic E-state index is 0.197. The molecule has 1 aliphatic rings. The fourth-order valence-corrected chi connectivity index (χ4v) is 3.45. The molecule has 6 heteroatoms. The molecule has 1 aromatic heterocycles. The lowest BCUT2D eigenvalue weighted by Gasteiger charge is -2.22. The van der Waals surface area contributed by atoms with Gasteiger partial charge in [0.1, 0.15) is 16.9 Å². The number of carbonyl (C=O) groups excluding carboxylic acids is 1. The van der Waals surface area contributed by atoms with E-state index in [1.807, 2.05) is 30.3 Å². The molecule has 0 spiro atoms. The Labute approximate surface area is 167 Å². The molecule has 1 aliphatic carbocycles. The average Bonchev–Trinajstić information content (AvgIpc) is 3.58. The lowest BCUT2D eigenvalue weighted by molar-refractivity contribution is -0.124. The summed E-state index contributed by atoms with van der Waals surface area (Å²) < 4.78 is 10.9. The molecule has 0 unspecified atom stereocenters. The Hall–Kier alpha value is -3.59. The van der Waals surface area contributed by atoms with Gasteiger partial charge in [0.2, 0.25) is 0 Å². The largest absolute Gasteiger partial charge is 0.484 e. The molecule has 0 saturated heterocycles. The summed E-state index contributed by atoms with van der Waals surface area (Å²) in [5.41, 5.74) is 0.750. The van der Waals surface area contributed by atoms with Gasteiger partial charge in [0.25, 0.3) is 5.91 Å². The predicted octanol–water partition coefficient (Wildman–Crippen LogP) is 3.65. The highest BCUT2D eigenvalue weighted by Gasteiger charge is 2.43. The zero-order valence-corrected chi connectivity index (χ0v) is 16.0. The van der Waals surface area contributed by atoms with E-state index in [0.29, 0.717) is 11.3 Å². The van der Waals surface area contributed by atoms with Crippen LogP contribution in [-0.4, -0.2) is 18.1 Å². The van der Waals surface area contributed by atoms with E-state index in [-0.39, 0.29) is 18.4 Å². The minimum Gasteiger partial charge on any atom is -0.484 e. The molecule has 1 fully saturated rings. The van der Waals surface area contributed by atoms with E-state index in [1.54, 1.807) is 25.1 Å². The van der Waals surface area contributed by atoms with Crippen molar-refractivity contribution in [3.05, 3.63) is 65.0 Å². The van der Waals surface area contributed by atoms with Crippen molar-refractivity contribution in [2.45, 2.75) is 25.3 Å². The minimum atomic E-state index is -0.860.